The molecule has 0 spiro atoms. The number of methoxy groups -OCH3 is 1. The zero-order chi connectivity index (χ0) is 21.0. The lowest BCUT2D eigenvalue weighted by molar-refractivity contribution is -0.384. The molecule has 148 valence electrons. The summed E-state index contributed by atoms with van der Waals surface area (Å²) in [7, 11) is 1.58. The van der Waals surface area contributed by atoms with E-state index in [9.17, 15) is 14.9 Å². The van der Waals surface area contributed by atoms with Crippen molar-refractivity contribution >= 4 is 68.3 Å². The summed E-state index contributed by atoms with van der Waals surface area (Å²) in [6.45, 7) is 0. The number of nitrogens with zero attached hydrogens (tertiary/aromatic N) is 3. The highest BCUT2D eigenvalue weighted by molar-refractivity contribution is 9.10. The van der Waals surface area contributed by atoms with Crippen LogP contribution in [0.5, 0.6) is 5.75 Å². The zero-order valence-corrected chi connectivity index (χ0v) is 17.9. The second-order valence-electron chi connectivity index (χ2n) is 5.57. The molecule has 3 rings (SSSR count). The Morgan fingerprint density at radius 2 is 2.10 bits per heavy atom. The molecule has 0 radical (unpaired) electrons. The second-order valence-corrected chi connectivity index (χ2v) is 7.86. The van der Waals surface area contributed by atoms with Crippen LogP contribution in [0.1, 0.15) is 11.1 Å². The van der Waals surface area contributed by atoms with E-state index >= 15 is 0 Å². The van der Waals surface area contributed by atoms with Gasteiger partial charge >= 0.3 is 0 Å². The molecule has 1 saturated heterocycles. The average molecular weight is 496 g/mol. The lowest BCUT2D eigenvalue weighted by Gasteiger charge is -2.02. The van der Waals surface area contributed by atoms with Crippen molar-refractivity contribution in [1.29, 1.82) is 0 Å². The highest BCUT2D eigenvalue weighted by Gasteiger charge is 2.24. The number of non-ortho nitro benzene ring substituents is 1. The number of amides is 1. The van der Waals surface area contributed by atoms with Crippen molar-refractivity contribution in [3.63, 3.8) is 0 Å². The Morgan fingerprint density at radius 1 is 1.31 bits per heavy atom. The van der Waals surface area contributed by atoms with Gasteiger partial charge in [0.2, 0.25) is 0 Å². The van der Waals surface area contributed by atoms with E-state index in [0.717, 1.165) is 21.8 Å². The number of hydrogen-bond acceptors (Lipinski definition) is 7. The van der Waals surface area contributed by atoms with Crippen LogP contribution in [0.4, 0.5) is 5.69 Å². The number of nitrogens with one attached hydrogen (secondary N) is 1. The number of nitro groups is 1. The molecule has 29 heavy (non-hydrogen) atoms. The van der Waals surface area contributed by atoms with Crippen LogP contribution >= 0.6 is 39.3 Å². The predicted molar refractivity (Wildman–Crippen MR) is 118 cm³/mol. The van der Waals surface area contributed by atoms with Gasteiger partial charge in [0.25, 0.3) is 11.6 Å². The van der Waals surface area contributed by atoms with Crippen LogP contribution in [-0.2, 0) is 4.79 Å². The SMILES string of the molecule is COc1ccc(/C=N\N=C2/NC(=O)/C(=C\c3cc([N+](=O)[O-])ccc3Cl)S2)cc1Br. The summed E-state index contributed by atoms with van der Waals surface area (Å²) < 4.78 is 5.94. The minimum absolute atomic E-state index is 0.117. The van der Waals surface area contributed by atoms with E-state index in [4.69, 9.17) is 16.3 Å². The third kappa shape index (κ3) is 5.22. The van der Waals surface area contributed by atoms with E-state index in [2.05, 4.69) is 31.4 Å². The number of carbonyl (C=O) groups excluding carboxylic acids is 1. The van der Waals surface area contributed by atoms with Crippen LogP contribution in [-0.4, -0.2) is 29.3 Å². The molecule has 1 amide bonds. The molecule has 2 aromatic carbocycles. The van der Waals surface area contributed by atoms with Crippen LogP contribution in [0.2, 0.25) is 5.02 Å². The van der Waals surface area contributed by atoms with Crippen molar-refractivity contribution < 1.29 is 14.5 Å². The molecule has 1 fully saturated rings. The van der Waals surface area contributed by atoms with E-state index < -0.39 is 10.8 Å². The van der Waals surface area contributed by atoms with E-state index in [1.54, 1.807) is 13.2 Å². The number of ether oxygens (including phenoxy) is 1. The lowest BCUT2D eigenvalue weighted by Crippen LogP contribution is -2.19. The van der Waals surface area contributed by atoms with Gasteiger partial charge in [-0.3, -0.25) is 20.2 Å². The largest absolute Gasteiger partial charge is 0.496 e. The molecular formula is C18H12BrClN4O4S. The molecular weight excluding hydrogens is 484 g/mol. The van der Waals surface area contributed by atoms with E-state index in [1.807, 2.05) is 12.1 Å². The monoisotopic (exact) mass is 494 g/mol. The molecule has 11 heteroatoms. The Bertz CT molecular complexity index is 1090. The summed E-state index contributed by atoms with van der Waals surface area (Å²) in [6, 6.07) is 9.43. The minimum Gasteiger partial charge on any atom is -0.496 e. The van der Waals surface area contributed by atoms with Crippen molar-refractivity contribution in [1.82, 2.24) is 5.32 Å². The fourth-order valence-corrected chi connectivity index (χ4v) is 3.78. The molecule has 2 aromatic rings. The van der Waals surface area contributed by atoms with Crippen molar-refractivity contribution in [2.75, 3.05) is 7.11 Å². The van der Waals surface area contributed by atoms with Gasteiger partial charge in [0.05, 0.1) is 27.6 Å². The highest BCUT2D eigenvalue weighted by Crippen LogP contribution is 2.30. The molecule has 1 N–H and O–H groups in total. The van der Waals surface area contributed by atoms with E-state index in [-0.39, 0.29) is 10.9 Å². The maximum atomic E-state index is 12.1. The number of hydrogen-bond donors (Lipinski definition) is 1. The first-order chi connectivity index (χ1) is 13.9. The molecule has 1 aliphatic rings. The molecule has 1 heterocycles. The number of nitro benzene ring substituents is 1. The van der Waals surface area contributed by atoms with Gasteiger partial charge in [0.1, 0.15) is 5.75 Å². The Labute approximate surface area is 183 Å². The van der Waals surface area contributed by atoms with Crippen molar-refractivity contribution in [3.05, 3.63) is 72.0 Å². The first-order valence-corrected chi connectivity index (χ1v) is 9.95. The van der Waals surface area contributed by atoms with Gasteiger partial charge < -0.3 is 4.74 Å². The number of thioether (sulfide) groups is 1. The number of rotatable bonds is 5. The van der Waals surface area contributed by atoms with Crippen molar-refractivity contribution in [2.45, 2.75) is 0 Å². The first-order valence-electron chi connectivity index (χ1n) is 7.97. The van der Waals surface area contributed by atoms with Crippen LogP contribution in [0.25, 0.3) is 6.08 Å². The normalized spacial score (nSPS) is 16.6. The molecule has 0 bridgehead atoms. The molecule has 0 aromatic heterocycles. The molecule has 0 atom stereocenters. The molecule has 0 saturated carbocycles. The summed E-state index contributed by atoms with van der Waals surface area (Å²) in [4.78, 5) is 22.8. The predicted octanol–water partition coefficient (Wildman–Crippen LogP) is 4.61. The number of halogens is 2. The van der Waals surface area contributed by atoms with Gasteiger partial charge in [-0.15, -0.1) is 5.10 Å². The summed E-state index contributed by atoms with van der Waals surface area (Å²) in [5, 5.41) is 22.0. The Morgan fingerprint density at radius 3 is 2.79 bits per heavy atom. The number of amidine groups is 1. The van der Waals surface area contributed by atoms with Gasteiger partial charge in [-0.05, 0) is 63.6 Å². The maximum Gasteiger partial charge on any atom is 0.270 e. The van der Waals surface area contributed by atoms with Gasteiger partial charge in [-0.1, -0.05) is 11.6 Å². The van der Waals surface area contributed by atoms with Crippen molar-refractivity contribution in [2.24, 2.45) is 10.2 Å². The molecule has 0 aliphatic carbocycles. The standard InChI is InChI=1S/C18H12BrClN4O4S/c1-28-15-5-2-10(6-13(15)19)9-21-23-18-22-17(25)16(29-18)8-11-7-12(24(26)27)3-4-14(11)20/h2-9H,1H3,(H,22,23,25)/b16-8+,21-9-. The maximum absolute atomic E-state index is 12.1. The lowest BCUT2D eigenvalue weighted by atomic mass is 10.2. The van der Waals surface area contributed by atoms with Gasteiger partial charge in [0, 0.05) is 22.7 Å². The van der Waals surface area contributed by atoms with Crippen LogP contribution in [0, 0.1) is 10.1 Å². The smallest absolute Gasteiger partial charge is 0.270 e. The third-order valence-electron chi connectivity index (χ3n) is 3.66. The second kappa shape index (κ2) is 9.21. The van der Waals surface area contributed by atoms with Gasteiger partial charge in [-0.25, -0.2) is 0 Å². The minimum atomic E-state index is -0.528. The topological polar surface area (TPSA) is 106 Å². The number of benzene rings is 2. The zero-order valence-electron chi connectivity index (χ0n) is 14.8. The Balaban J connectivity index is 1.76. The highest BCUT2D eigenvalue weighted by atomic mass is 79.9. The molecule has 0 unspecified atom stereocenters. The van der Waals surface area contributed by atoms with E-state index in [0.29, 0.717) is 21.2 Å². The Hall–Kier alpha value is -2.69. The first kappa shape index (κ1) is 21.0. The quantitative estimate of drug-likeness (QED) is 0.282. The number of carbonyl (C=O) groups is 1. The van der Waals surface area contributed by atoms with Crippen LogP contribution in [0.3, 0.4) is 0 Å². The summed E-state index contributed by atoms with van der Waals surface area (Å²) in [5.74, 6) is 0.306. The summed E-state index contributed by atoms with van der Waals surface area (Å²) in [5.41, 5.74) is 1.04. The van der Waals surface area contributed by atoms with Gasteiger partial charge in [0.15, 0.2) is 5.17 Å². The van der Waals surface area contributed by atoms with E-state index in [1.165, 1.54) is 30.5 Å². The summed E-state index contributed by atoms with van der Waals surface area (Å²) >= 11 is 10.5. The van der Waals surface area contributed by atoms with Crippen LogP contribution in [0.15, 0.2) is 56.0 Å². The molecule has 1 aliphatic heterocycles. The Kier molecular flexibility index (Phi) is 6.68. The van der Waals surface area contributed by atoms with Crippen LogP contribution < -0.4 is 10.1 Å². The van der Waals surface area contributed by atoms with Gasteiger partial charge in [-0.2, -0.15) is 5.10 Å². The molecule has 8 nitrogen and oxygen atoms in total. The fourth-order valence-electron chi connectivity index (χ4n) is 2.28. The fraction of sp³-hybridized carbons (Fsp3) is 0.0556. The van der Waals surface area contributed by atoms with Crippen molar-refractivity contribution in [3.8, 4) is 5.75 Å². The summed E-state index contributed by atoms with van der Waals surface area (Å²) in [6.07, 6.45) is 3.01. The third-order valence-corrected chi connectivity index (χ3v) is 5.52. The average Bonchev–Trinajstić information content (AvgIpc) is 3.02.